The number of benzene rings is 1. The zero-order valence-corrected chi connectivity index (χ0v) is 7.27. The van der Waals surface area contributed by atoms with Gasteiger partial charge in [-0.25, -0.2) is 0 Å². The summed E-state index contributed by atoms with van der Waals surface area (Å²) in [6.07, 6.45) is 0. The molecule has 1 aromatic rings. The fraction of sp³-hybridized carbons (Fsp3) is 0.250. The van der Waals surface area contributed by atoms with E-state index >= 15 is 0 Å². The monoisotopic (exact) mass is 177 g/mol. The van der Waals surface area contributed by atoms with Crippen molar-refractivity contribution < 1.29 is 17.1 Å². The van der Waals surface area contributed by atoms with E-state index in [1.54, 1.807) is 0 Å². The quantitative estimate of drug-likeness (QED) is 0.475. The molecular formula is C8H11FeN+2. The van der Waals surface area contributed by atoms with Crippen LogP contribution in [0, 0.1) is 13.8 Å². The molecule has 1 rings (SSSR count). The molecule has 54 valence electrons. The Kier molecular flexibility index (Phi) is 3.48. The maximum Gasteiger partial charge on any atom is 2.00 e. The van der Waals surface area contributed by atoms with E-state index in [-0.39, 0.29) is 17.1 Å². The first-order valence-electron chi connectivity index (χ1n) is 3.03. The first-order valence-corrected chi connectivity index (χ1v) is 3.03. The van der Waals surface area contributed by atoms with E-state index in [9.17, 15) is 0 Å². The summed E-state index contributed by atoms with van der Waals surface area (Å²) in [5, 5.41) is 0. The Balaban J connectivity index is 0.000000810. The number of nitrogens with two attached hydrogens (primary N) is 1. The molecule has 10 heavy (non-hydrogen) atoms. The molecule has 2 heteroatoms. The number of rotatable bonds is 0. The summed E-state index contributed by atoms with van der Waals surface area (Å²) < 4.78 is 0. The van der Waals surface area contributed by atoms with E-state index in [1.165, 1.54) is 0 Å². The zero-order valence-electron chi connectivity index (χ0n) is 6.16. The molecule has 1 aromatic carbocycles. The van der Waals surface area contributed by atoms with Crippen LogP contribution in [0.1, 0.15) is 11.1 Å². The van der Waals surface area contributed by atoms with Gasteiger partial charge in [-0.1, -0.05) is 18.2 Å². The van der Waals surface area contributed by atoms with Crippen molar-refractivity contribution in [1.29, 1.82) is 0 Å². The molecule has 0 bridgehead atoms. The smallest absolute Gasteiger partial charge is 0.398 e. The van der Waals surface area contributed by atoms with Crippen molar-refractivity contribution in [2.45, 2.75) is 13.8 Å². The van der Waals surface area contributed by atoms with Gasteiger partial charge >= 0.3 is 17.1 Å². The average molecular weight is 177 g/mol. The predicted octanol–water partition coefficient (Wildman–Crippen LogP) is 1.88. The average Bonchev–Trinajstić information content (AvgIpc) is 1.83. The van der Waals surface area contributed by atoms with Gasteiger partial charge in [-0.05, 0) is 25.0 Å². The Morgan fingerprint density at radius 2 is 1.50 bits per heavy atom. The molecule has 1 nitrogen and oxygen atoms in total. The molecule has 0 radical (unpaired) electrons. The van der Waals surface area contributed by atoms with Crippen LogP contribution in [0.15, 0.2) is 18.2 Å². The van der Waals surface area contributed by atoms with Crippen LogP contribution in [0.4, 0.5) is 5.69 Å². The number of hydrogen-bond acceptors (Lipinski definition) is 1. The van der Waals surface area contributed by atoms with E-state index in [2.05, 4.69) is 0 Å². The third kappa shape index (κ3) is 1.76. The molecule has 0 amide bonds. The molecule has 0 aliphatic rings. The topological polar surface area (TPSA) is 26.0 Å². The fourth-order valence-corrected chi connectivity index (χ4v) is 0.827. The summed E-state index contributed by atoms with van der Waals surface area (Å²) in [5.74, 6) is 0. The van der Waals surface area contributed by atoms with Crippen molar-refractivity contribution >= 4 is 5.69 Å². The van der Waals surface area contributed by atoms with Crippen molar-refractivity contribution in [3.05, 3.63) is 29.3 Å². The number of aryl methyl sites for hydroxylation is 2. The summed E-state index contributed by atoms with van der Waals surface area (Å²) >= 11 is 0. The maximum absolute atomic E-state index is 5.68. The number of nitrogen functional groups attached to an aromatic ring is 1. The van der Waals surface area contributed by atoms with Gasteiger partial charge in [0.2, 0.25) is 0 Å². The molecule has 0 saturated carbocycles. The van der Waals surface area contributed by atoms with Gasteiger partial charge in [-0.15, -0.1) is 0 Å². The maximum atomic E-state index is 5.68. The molecular weight excluding hydrogens is 166 g/mol. The molecule has 0 spiro atoms. The Morgan fingerprint density at radius 3 is 1.80 bits per heavy atom. The Morgan fingerprint density at radius 1 is 1.10 bits per heavy atom. The van der Waals surface area contributed by atoms with E-state index in [1.807, 2.05) is 32.0 Å². The summed E-state index contributed by atoms with van der Waals surface area (Å²) in [4.78, 5) is 0. The number of hydrogen-bond donors (Lipinski definition) is 1. The van der Waals surface area contributed by atoms with E-state index in [0.717, 1.165) is 16.8 Å². The molecule has 0 aromatic heterocycles. The Hall–Kier alpha value is -0.461. The number of anilines is 1. The van der Waals surface area contributed by atoms with Crippen LogP contribution >= 0.6 is 0 Å². The van der Waals surface area contributed by atoms with Crippen LogP contribution in [0.25, 0.3) is 0 Å². The largest absolute Gasteiger partial charge is 2.00 e. The minimum absolute atomic E-state index is 0. The van der Waals surface area contributed by atoms with Crippen LogP contribution in [0.5, 0.6) is 0 Å². The SMILES string of the molecule is Cc1cccc(C)c1N.[Fe+2]. The van der Waals surface area contributed by atoms with Gasteiger partial charge in [0.05, 0.1) is 0 Å². The third-order valence-corrected chi connectivity index (χ3v) is 1.54. The molecule has 0 aliphatic carbocycles. The molecule has 0 aliphatic heterocycles. The van der Waals surface area contributed by atoms with Crippen LogP contribution in [0.2, 0.25) is 0 Å². The number of para-hydroxylation sites is 1. The van der Waals surface area contributed by atoms with Gasteiger partial charge in [-0.2, -0.15) is 0 Å². The molecule has 2 N–H and O–H groups in total. The fourth-order valence-electron chi connectivity index (χ4n) is 0.827. The zero-order chi connectivity index (χ0) is 6.85. The molecule has 0 fully saturated rings. The van der Waals surface area contributed by atoms with E-state index < -0.39 is 0 Å². The van der Waals surface area contributed by atoms with E-state index in [0.29, 0.717) is 0 Å². The van der Waals surface area contributed by atoms with Crippen LogP contribution in [-0.4, -0.2) is 0 Å². The standard InChI is InChI=1S/C8H11N.Fe/c1-6-4-3-5-7(2)8(6)9;/h3-5H,9H2,1-2H3;/q;+2. The van der Waals surface area contributed by atoms with Gasteiger partial charge < -0.3 is 5.73 Å². The van der Waals surface area contributed by atoms with Crippen LogP contribution in [-0.2, 0) is 17.1 Å². The van der Waals surface area contributed by atoms with Crippen molar-refractivity contribution in [2.24, 2.45) is 0 Å². The summed E-state index contributed by atoms with van der Waals surface area (Å²) in [6.45, 7) is 4.03. The van der Waals surface area contributed by atoms with Gasteiger partial charge in [0.25, 0.3) is 0 Å². The van der Waals surface area contributed by atoms with Crippen molar-refractivity contribution in [3.8, 4) is 0 Å². The second-order valence-corrected chi connectivity index (χ2v) is 2.31. The molecule has 0 unspecified atom stereocenters. The van der Waals surface area contributed by atoms with Crippen LogP contribution in [0.3, 0.4) is 0 Å². The first-order chi connectivity index (χ1) is 4.22. The second-order valence-electron chi connectivity index (χ2n) is 2.31. The second kappa shape index (κ2) is 3.65. The van der Waals surface area contributed by atoms with Gasteiger partial charge in [0.1, 0.15) is 0 Å². The van der Waals surface area contributed by atoms with Crippen molar-refractivity contribution in [1.82, 2.24) is 0 Å². The Labute approximate surface area is 72.1 Å². The van der Waals surface area contributed by atoms with Gasteiger partial charge in [0, 0.05) is 5.69 Å². The predicted molar refractivity (Wildman–Crippen MR) is 40.3 cm³/mol. The summed E-state index contributed by atoms with van der Waals surface area (Å²) in [7, 11) is 0. The molecule has 0 saturated heterocycles. The minimum Gasteiger partial charge on any atom is -0.398 e. The minimum atomic E-state index is 0. The van der Waals surface area contributed by atoms with Crippen molar-refractivity contribution in [2.75, 3.05) is 5.73 Å². The third-order valence-electron chi connectivity index (χ3n) is 1.54. The first kappa shape index (κ1) is 9.54. The summed E-state index contributed by atoms with van der Waals surface area (Å²) in [6, 6.07) is 6.05. The molecule has 0 heterocycles. The van der Waals surface area contributed by atoms with Gasteiger partial charge in [-0.3, -0.25) is 0 Å². The molecule has 0 atom stereocenters. The van der Waals surface area contributed by atoms with Crippen LogP contribution < -0.4 is 5.73 Å². The van der Waals surface area contributed by atoms with Crippen molar-refractivity contribution in [3.63, 3.8) is 0 Å². The Bertz CT molecular complexity index is 200. The normalized spacial score (nSPS) is 8.60. The summed E-state index contributed by atoms with van der Waals surface area (Å²) in [5.41, 5.74) is 8.92. The van der Waals surface area contributed by atoms with E-state index in [4.69, 9.17) is 5.73 Å². The van der Waals surface area contributed by atoms with Gasteiger partial charge in [0.15, 0.2) is 0 Å².